The van der Waals surface area contributed by atoms with Crippen LogP contribution in [-0.2, 0) is 32.0 Å². The van der Waals surface area contributed by atoms with Gasteiger partial charge in [0.1, 0.15) is 23.9 Å². The van der Waals surface area contributed by atoms with E-state index in [1.54, 1.807) is 36.4 Å². The number of hydrogen-bond donors (Lipinski definition) is 7. The first-order chi connectivity index (χ1) is 16.6. The zero-order valence-corrected chi connectivity index (χ0v) is 20.1. The normalized spacial score (nSPS) is 14.1. The third-order valence-corrected chi connectivity index (χ3v) is 5.50. The summed E-state index contributed by atoms with van der Waals surface area (Å²) in [7, 11) is 0. The van der Waals surface area contributed by atoms with Gasteiger partial charge in [0.15, 0.2) is 0 Å². The lowest BCUT2D eigenvalue weighted by molar-refractivity contribution is -0.141. The number of carbonyl (C=O) groups is 4. The van der Waals surface area contributed by atoms with Gasteiger partial charge >= 0.3 is 5.97 Å². The zero-order valence-electron chi connectivity index (χ0n) is 19.2. The molecule has 4 unspecified atom stereocenters. The van der Waals surface area contributed by atoms with Crippen molar-refractivity contribution in [2.45, 2.75) is 43.9 Å². The number of hydrogen-bond acceptors (Lipinski definition) is 7. The van der Waals surface area contributed by atoms with Gasteiger partial charge in [0.2, 0.25) is 17.7 Å². The van der Waals surface area contributed by atoms with Gasteiger partial charge in [-0.15, -0.1) is 0 Å². The molecule has 3 amide bonds. The molecule has 0 saturated carbocycles. The number of phenolic OH excluding ortho intramolecular Hbond substituents is 1. The quantitative estimate of drug-likeness (QED) is 0.200. The van der Waals surface area contributed by atoms with Crippen LogP contribution in [0.2, 0.25) is 0 Å². The predicted octanol–water partition coefficient (Wildman–Crippen LogP) is -0.00660. The number of thiol groups is 1. The summed E-state index contributed by atoms with van der Waals surface area (Å²) in [5.41, 5.74) is 7.04. The number of rotatable bonds is 12. The highest BCUT2D eigenvalue weighted by molar-refractivity contribution is 7.80. The van der Waals surface area contributed by atoms with Gasteiger partial charge in [0.25, 0.3) is 0 Å². The molecule has 0 radical (unpaired) electrons. The molecule has 2 aromatic carbocycles. The van der Waals surface area contributed by atoms with Crippen LogP contribution in [0.5, 0.6) is 5.75 Å². The maximum absolute atomic E-state index is 13.2. The summed E-state index contributed by atoms with van der Waals surface area (Å²) in [6, 6.07) is 10.7. The Labute approximate surface area is 208 Å². The van der Waals surface area contributed by atoms with Gasteiger partial charge in [0, 0.05) is 18.6 Å². The number of amides is 3. The number of nitrogens with one attached hydrogen (secondary N) is 3. The Morgan fingerprint density at radius 2 is 1.26 bits per heavy atom. The van der Waals surface area contributed by atoms with E-state index in [9.17, 15) is 29.4 Å². The molecule has 0 fully saturated rings. The van der Waals surface area contributed by atoms with Crippen LogP contribution in [-0.4, -0.2) is 63.8 Å². The SMILES string of the molecule is CC(N)C(=O)NC(Cc1ccccc1)C(=O)NC(Cc1ccc(O)cc1)C(=O)NC(CS)C(=O)O. The second-order valence-electron chi connectivity index (χ2n) is 8.05. The third kappa shape index (κ3) is 8.95. The summed E-state index contributed by atoms with van der Waals surface area (Å²) in [4.78, 5) is 49.8. The van der Waals surface area contributed by atoms with Gasteiger partial charge in [-0.1, -0.05) is 42.5 Å². The van der Waals surface area contributed by atoms with Crippen molar-refractivity contribution in [3.8, 4) is 5.75 Å². The molecule has 0 heterocycles. The molecule has 0 saturated heterocycles. The maximum Gasteiger partial charge on any atom is 0.327 e. The fraction of sp³-hybridized carbons (Fsp3) is 0.333. The Hall–Kier alpha value is -3.57. The molecule has 0 aliphatic carbocycles. The number of nitrogens with two attached hydrogens (primary N) is 1. The van der Waals surface area contributed by atoms with Crippen molar-refractivity contribution >= 4 is 36.3 Å². The Bertz CT molecular complexity index is 1020. The van der Waals surface area contributed by atoms with E-state index >= 15 is 0 Å². The first-order valence-electron chi connectivity index (χ1n) is 10.9. The first kappa shape index (κ1) is 27.7. The Morgan fingerprint density at radius 1 is 0.800 bits per heavy atom. The van der Waals surface area contributed by atoms with Crippen LogP contribution < -0.4 is 21.7 Å². The Balaban J connectivity index is 2.28. The van der Waals surface area contributed by atoms with Crippen LogP contribution in [0.4, 0.5) is 0 Å². The van der Waals surface area contributed by atoms with Crippen molar-refractivity contribution in [3.05, 3.63) is 65.7 Å². The van der Waals surface area contributed by atoms with Gasteiger partial charge in [-0.05, 0) is 30.2 Å². The summed E-state index contributed by atoms with van der Waals surface area (Å²) in [6.07, 6.45) is 0.156. The summed E-state index contributed by atoms with van der Waals surface area (Å²) in [6.45, 7) is 1.48. The van der Waals surface area contributed by atoms with Gasteiger partial charge in [-0.2, -0.15) is 12.6 Å². The number of benzene rings is 2. The van der Waals surface area contributed by atoms with E-state index in [0.29, 0.717) is 5.56 Å². The van der Waals surface area contributed by atoms with Gasteiger partial charge in [-0.3, -0.25) is 14.4 Å². The van der Waals surface area contributed by atoms with Gasteiger partial charge in [0.05, 0.1) is 6.04 Å². The van der Waals surface area contributed by atoms with E-state index in [4.69, 9.17) is 5.73 Å². The minimum Gasteiger partial charge on any atom is -0.508 e. The number of carbonyl (C=O) groups excluding carboxylic acids is 3. The summed E-state index contributed by atoms with van der Waals surface area (Å²) in [5.74, 6) is -3.30. The highest BCUT2D eigenvalue weighted by Gasteiger charge is 2.30. The summed E-state index contributed by atoms with van der Waals surface area (Å²) in [5, 5.41) is 26.4. The fourth-order valence-corrected chi connectivity index (χ4v) is 3.42. The molecular weight excluding hydrogens is 472 g/mol. The van der Waals surface area contributed by atoms with Crippen molar-refractivity contribution in [1.29, 1.82) is 0 Å². The molecular formula is C24H30N4O6S. The van der Waals surface area contributed by atoms with Crippen molar-refractivity contribution in [1.82, 2.24) is 16.0 Å². The lowest BCUT2D eigenvalue weighted by atomic mass is 10.0. The first-order valence-corrected chi connectivity index (χ1v) is 11.6. The second-order valence-corrected chi connectivity index (χ2v) is 8.42. The maximum atomic E-state index is 13.2. The monoisotopic (exact) mass is 502 g/mol. The molecule has 188 valence electrons. The molecule has 0 aromatic heterocycles. The van der Waals surface area contributed by atoms with Gasteiger partial charge < -0.3 is 31.9 Å². The standard InChI is InChI=1S/C24H30N4O6S/c1-14(25)21(30)26-18(11-15-5-3-2-4-6-15)22(31)27-19(12-16-7-9-17(29)10-8-16)23(32)28-20(13-35)24(33)34/h2-10,14,18-20,29,35H,11-13,25H2,1H3,(H,26,30)(H,27,31)(H,28,32)(H,33,34). The van der Waals surface area contributed by atoms with Gasteiger partial charge in [-0.25, -0.2) is 4.79 Å². The van der Waals surface area contributed by atoms with E-state index in [1.165, 1.54) is 19.1 Å². The van der Waals surface area contributed by atoms with E-state index in [-0.39, 0.29) is 24.3 Å². The minimum atomic E-state index is -1.27. The number of aromatic hydroxyl groups is 1. The molecule has 2 aromatic rings. The smallest absolute Gasteiger partial charge is 0.327 e. The molecule has 10 nitrogen and oxygen atoms in total. The summed E-state index contributed by atoms with van der Waals surface area (Å²) < 4.78 is 0. The Morgan fingerprint density at radius 3 is 1.71 bits per heavy atom. The van der Waals surface area contributed by atoms with Crippen molar-refractivity contribution in [2.24, 2.45) is 5.73 Å². The van der Waals surface area contributed by atoms with Crippen LogP contribution in [0.15, 0.2) is 54.6 Å². The van der Waals surface area contributed by atoms with Crippen molar-refractivity contribution in [2.75, 3.05) is 5.75 Å². The van der Waals surface area contributed by atoms with E-state index in [1.807, 2.05) is 6.07 Å². The average molecular weight is 503 g/mol. The number of aliphatic carboxylic acids is 1. The van der Waals surface area contributed by atoms with Crippen LogP contribution in [0.1, 0.15) is 18.1 Å². The molecule has 0 aliphatic rings. The molecule has 0 aliphatic heterocycles. The Kier molecular flexibility index (Phi) is 10.6. The third-order valence-electron chi connectivity index (χ3n) is 5.14. The predicted molar refractivity (Wildman–Crippen MR) is 133 cm³/mol. The molecule has 0 spiro atoms. The van der Waals surface area contributed by atoms with E-state index in [0.717, 1.165) is 5.56 Å². The zero-order chi connectivity index (χ0) is 26.0. The van der Waals surface area contributed by atoms with Crippen LogP contribution >= 0.6 is 12.6 Å². The highest BCUT2D eigenvalue weighted by Crippen LogP contribution is 2.12. The average Bonchev–Trinajstić information content (AvgIpc) is 2.83. The molecule has 0 bridgehead atoms. The van der Waals surface area contributed by atoms with E-state index < -0.39 is 47.9 Å². The molecule has 4 atom stereocenters. The molecule has 2 rings (SSSR count). The lowest BCUT2D eigenvalue weighted by Gasteiger charge is -2.25. The molecule has 11 heteroatoms. The fourth-order valence-electron chi connectivity index (χ4n) is 3.17. The molecule has 7 N–H and O–H groups in total. The van der Waals surface area contributed by atoms with Crippen LogP contribution in [0.3, 0.4) is 0 Å². The molecule has 35 heavy (non-hydrogen) atoms. The summed E-state index contributed by atoms with van der Waals surface area (Å²) >= 11 is 3.95. The second kappa shape index (κ2) is 13.4. The number of carboxylic acids is 1. The largest absolute Gasteiger partial charge is 0.508 e. The minimum absolute atomic E-state index is 0.00998. The topological polar surface area (TPSA) is 171 Å². The lowest BCUT2D eigenvalue weighted by Crippen LogP contribution is -2.58. The van der Waals surface area contributed by atoms with E-state index in [2.05, 4.69) is 28.6 Å². The highest BCUT2D eigenvalue weighted by atomic mass is 32.1. The number of carboxylic acid groups (broad SMARTS) is 1. The van der Waals surface area contributed by atoms with Crippen molar-refractivity contribution < 1.29 is 29.4 Å². The van der Waals surface area contributed by atoms with Crippen molar-refractivity contribution in [3.63, 3.8) is 0 Å². The van der Waals surface area contributed by atoms with Crippen LogP contribution in [0.25, 0.3) is 0 Å². The number of phenols is 1. The van der Waals surface area contributed by atoms with Crippen LogP contribution in [0, 0.1) is 0 Å².